The molecule has 0 bridgehead atoms. The number of nitrogens with zero attached hydrogens (tertiary/aromatic N) is 4. The second kappa shape index (κ2) is 10.8. The van der Waals surface area contributed by atoms with Crippen molar-refractivity contribution in [1.29, 1.82) is 0 Å². The van der Waals surface area contributed by atoms with Crippen molar-refractivity contribution in [2.75, 3.05) is 20.2 Å². The Hall–Kier alpha value is -1.39. The highest BCUT2D eigenvalue weighted by Crippen LogP contribution is 2.20. The molecule has 0 radical (unpaired) electrons. The minimum absolute atomic E-state index is 0. The molecule has 3 rings (SSSR count). The Morgan fingerprint density at radius 1 is 1.48 bits per heavy atom. The maximum atomic E-state index is 6.09. The van der Waals surface area contributed by atoms with Crippen LogP contribution in [0.15, 0.2) is 35.6 Å². The van der Waals surface area contributed by atoms with Crippen LogP contribution in [0.25, 0.3) is 0 Å². The quantitative estimate of drug-likeness (QED) is 0.359. The number of hydrogen-bond donors (Lipinski definition) is 2. The Balaban J connectivity index is 0.00000261. The zero-order chi connectivity index (χ0) is 18.4. The number of hydrogen-bond acceptors (Lipinski definition) is 4. The van der Waals surface area contributed by atoms with Gasteiger partial charge < -0.3 is 15.4 Å². The van der Waals surface area contributed by atoms with Crippen LogP contribution in [0.4, 0.5) is 0 Å². The smallest absolute Gasteiger partial charge is 0.191 e. The Morgan fingerprint density at radius 3 is 3.07 bits per heavy atom. The Bertz CT molecular complexity index is 753. The topological polar surface area (TPSA) is 76.4 Å². The summed E-state index contributed by atoms with van der Waals surface area (Å²) < 4.78 is 7.56. The van der Waals surface area contributed by atoms with Gasteiger partial charge in [-0.3, -0.25) is 4.99 Å². The number of ether oxygens (including phenoxy) is 1. The lowest BCUT2D eigenvalue weighted by Crippen LogP contribution is -2.47. The third kappa shape index (κ3) is 6.05. The van der Waals surface area contributed by atoms with Crippen LogP contribution in [0.2, 0.25) is 5.02 Å². The van der Waals surface area contributed by atoms with E-state index in [1.165, 1.54) is 0 Å². The van der Waals surface area contributed by atoms with Gasteiger partial charge in [0, 0.05) is 31.1 Å². The van der Waals surface area contributed by atoms with Gasteiger partial charge in [0.15, 0.2) is 5.96 Å². The first-order chi connectivity index (χ1) is 12.7. The van der Waals surface area contributed by atoms with Crippen LogP contribution in [-0.4, -0.2) is 47.0 Å². The van der Waals surface area contributed by atoms with E-state index in [0.717, 1.165) is 43.3 Å². The molecule has 0 amide bonds. The van der Waals surface area contributed by atoms with Crippen molar-refractivity contribution < 1.29 is 4.74 Å². The highest BCUT2D eigenvalue weighted by atomic mass is 127. The maximum Gasteiger partial charge on any atom is 0.191 e. The summed E-state index contributed by atoms with van der Waals surface area (Å²) in [6.07, 6.45) is 3.40. The van der Waals surface area contributed by atoms with Gasteiger partial charge in [0.2, 0.25) is 0 Å². The summed E-state index contributed by atoms with van der Waals surface area (Å²) in [6.45, 7) is 4.15. The number of fused-ring (bicyclic) bond motifs is 1. The SMILES string of the molecule is CCNC(=NCC(OC)c1cccc(Cl)c1)NC1CCc2ncnn2C1.I. The summed E-state index contributed by atoms with van der Waals surface area (Å²) in [7, 11) is 1.69. The minimum Gasteiger partial charge on any atom is -0.375 e. The normalized spacial score (nSPS) is 17.6. The summed E-state index contributed by atoms with van der Waals surface area (Å²) in [4.78, 5) is 8.98. The molecule has 0 saturated heterocycles. The Labute approximate surface area is 182 Å². The van der Waals surface area contributed by atoms with E-state index in [2.05, 4.69) is 27.6 Å². The van der Waals surface area contributed by atoms with Crippen molar-refractivity contribution in [3.8, 4) is 0 Å². The maximum absolute atomic E-state index is 6.09. The molecule has 1 aromatic heterocycles. The van der Waals surface area contributed by atoms with Crippen molar-refractivity contribution in [1.82, 2.24) is 25.4 Å². The lowest BCUT2D eigenvalue weighted by Gasteiger charge is -2.25. The van der Waals surface area contributed by atoms with E-state index in [4.69, 9.17) is 21.3 Å². The van der Waals surface area contributed by atoms with Crippen molar-refractivity contribution in [2.24, 2.45) is 4.99 Å². The van der Waals surface area contributed by atoms with Gasteiger partial charge in [0.05, 0.1) is 13.1 Å². The van der Waals surface area contributed by atoms with E-state index in [9.17, 15) is 0 Å². The number of aromatic nitrogens is 3. The summed E-state index contributed by atoms with van der Waals surface area (Å²) in [5, 5.41) is 11.8. The van der Waals surface area contributed by atoms with E-state index in [1.807, 2.05) is 28.9 Å². The first-order valence-corrected chi connectivity index (χ1v) is 9.27. The second-order valence-electron chi connectivity index (χ2n) is 6.24. The Kier molecular flexibility index (Phi) is 8.78. The van der Waals surface area contributed by atoms with Gasteiger partial charge in [0.1, 0.15) is 18.3 Å². The molecule has 0 saturated carbocycles. The van der Waals surface area contributed by atoms with Gasteiger partial charge in [-0.15, -0.1) is 24.0 Å². The molecule has 2 atom stereocenters. The monoisotopic (exact) mass is 504 g/mol. The average molecular weight is 505 g/mol. The molecule has 0 spiro atoms. The van der Waals surface area contributed by atoms with Gasteiger partial charge in [0.25, 0.3) is 0 Å². The van der Waals surface area contributed by atoms with Gasteiger partial charge in [-0.25, -0.2) is 9.67 Å². The van der Waals surface area contributed by atoms with Crippen LogP contribution < -0.4 is 10.6 Å². The number of methoxy groups -OCH3 is 1. The summed E-state index contributed by atoms with van der Waals surface area (Å²) in [5.74, 6) is 1.83. The number of halogens is 2. The summed E-state index contributed by atoms with van der Waals surface area (Å²) in [6, 6.07) is 7.97. The molecule has 1 aliphatic rings. The molecule has 1 aromatic carbocycles. The number of rotatable bonds is 6. The zero-order valence-electron chi connectivity index (χ0n) is 15.6. The van der Waals surface area contributed by atoms with Crippen LogP contribution in [0.5, 0.6) is 0 Å². The van der Waals surface area contributed by atoms with Gasteiger partial charge in [-0.2, -0.15) is 5.10 Å². The number of guanidine groups is 1. The molecule has 1 aliphatic heterocycles. The van der Waals surface area contributed by atoms with Gasteiger partial charge in [-0.1, -0.05) is 23.7 Å². The van der Waals surface area contributed by atoms with Crippen molar-refractivity contribution in [3.63, 3.8) is 0 Å². The lowest BCUT2D eigenvalue weighted by molar-refractivity contribution is 0.111. The van der Waals surface area contributed by atoms with Crippen molar-refractivity contribution >= 4 is 41.5 Å². The van der Waals surface area contributed by atoms with E-state index < -0.39 is 0 Å². The molecule has 2 aromatic rings. The third-order valence-corrected chi connectivity index (χ3v) is 4.65. The average Bonchev–Trinajstić information content (AvgIpc) is 3.10. The Morgan fingerprint density at radius 2 is 2.33 bits per heavy atom. The van der Waals surface area contributed by atoms with E-state index >= 15 is 0 Å². The van der Waals surface area contributed by atoms with Crippen LogP contribution in [0.1, 0.15) is 30.8 Å². The molecule has 0 fully saturated rings. The predicted octanol–water partition coefficient (Wildman–Crippen LogP) is 2.81. The molecule has 7 nitrogen and oxygen atoms in total. The number of nitrogens with one attached hydrogen (secondary N) is 2. The molecule has 27 heavy (non-hydrogen) atoms. The number of aliphatic imine (C=N–C) groups is 1. The van der Waals surface area contributed by atoms with Crippen LogP contribution in [0, 0.1) is 0 Å². The van der Waals surface area contributed by atoms with Crippen LogP contribution in [0.3, 0.4) is 0 Å². The largest absolute Gasteiger partial charge is 0.375 e. The fraction of sp³-hybridized carbons (Fsp3) is 0.500. The molecule has 2 heterocycles. The molecule has 2 unspecified atom stereocenters. The molecule has 9 heteroatoms. The van der Waals surface area contributed by atoms with Crippen molar-refractivity contribution in [3.05, 3.63) is 47.0 Å². The van der Waals surface area contributed by atoms with Crippen molar-refractivity contribution in [2.45, 2.75) is 38.5 Å². The van der Waals surface area contributed by atoms with Gasteiger partial charge in [-0.05, 0) is 31.0 Å². The first-order valence-electron chi connectivity index (χ1n) is 8.89. The highest BCUT2D eigenvalue weighted by Gasteiger charge is 2.20. The van der Waals surface area contributed by atoms with Crippen LogP contribution in [-0.2, 0) is 17.7 Å². The molecule has 0 aliphatic carbocycles. The highest BCUT2D eigenvalue weighted by molar-refractivity contribution is 14.0. The second-order valence-corrected chi connectivity index (χ2v) is 6.67. The number of benzene rings is 1. The fourth-order valence-electron chi connectivity index (χ4n) is 3.07. The van der Waals surface area contributed by atoms with E-state index in [1.54, 1.807) is 13.4 Å². The minimum atomic E-state index is -0.141. The first kappa shape index (κ1) is 21.9. The summed E-state index contributed by atoms with van der Waals surface area (Å²) in [5.41, 5.74) is 1.02. The summed E-state index contributed by atoms with van der Waals surface area (Å²) >= 11 is 6.09. The zero-order valence-corrected chi connectivity index (χ0v) is 18.6. The third-order valence-electron chi connectivity index (χ3n) is 4.41. The van der Waals surface area contributed by atoms with E-state index in [-0.39, 0.29) is 36.1 Å². The van der Waals surface area contributed by atoms with Gasteiger partial charge >= 0.3 is 0 Å². The van der Waals surface area contributed by atoms with Crippen LogP contribution >= 0.6 is 35.6 Å². The molecular weight excluding hydrogens is 479 g/mol. The standard InChI is InChI=1S/C18H25ClN6O.HI/c1-3-20-18(24-15-7-8-17-22-12-23-25(17)11-15)21-10-16(26-2)13-5-4-6-14(19)9-13;/h4-6,9,12,15-16H,3,7-8,10-11H2,1-2H3,(H2,20,21,24);1H. The number of aryl methyl sites for hydroxylation is 1. The molecular formula is C18H26ClIN6O. The van der Waals surface area contributed by atoms with E-state index in [0.29, 0.717) is 11.6 Å². The molecule has 148 valence electrons. The fourth-order valence-corrected chi connectivity index (χ4v) is 3.26. The lowest BCUT2D eigenvalue weighted by atomic mass is 10.1. The predicted molar refractivity (Wildman–Crippen MR) is 118 cm³/mol. The molecule has 2 N–H and O–H groups in total.